The number of amides is 1. The molecule has 1 saturated heterocycles. The molecule has 1 N–H and O–H groups in total. The van der Waals surface area contributed by atoms with Crippen LogP contribution in [0.5, 0.6) is 0 Å². The lowest BCUT2D eigenvalue weighted by atomic mass is 9.96. The van der Waals surface area contributed by atoms with Crippen molar-refractivity contribution in [1.82, 2.24) is 4.90 Å². The van der Waals surface area contributed by atoms with Crippen molar-refractivity contribution in [2.45, 2.75) is 32.3 Å². The molecule has 1 aliphatic heterocycles. The van der Waals surface area contributed by atoms with Gasteiger partial charge in [0.05, 0.1) is 0 Å². The van der Waals surface area contributed by atoms with Crippen LogP contribution >= 0.6 is 12.4 Å². The molecule has 2 aromatic rings. The van der Waals surface area contributed by atoms with Crippen LogP contribution in [0.15, 0.2) is 60.7 Å². The summed E-state index contributed by atoms with van der Waals surface area (Å²) in [4.78, 5) is 14.9. The van der Waals surface area contributed by atoms with E-state index in [1.54, 1.807) is 0 Å². The minimum atomic E-state index is -0.407. The maximum atomic E-state index is 12.4. The van der Waals surface area contributed by atoms with Crippen molar-refractivity contribution in [2.24, 2.45) is 5.92 Å². The van der Waals surface area contributed by atoms with Crippen LogP contribution in [0.25, 0.3) is 0 Å². The number of carbonyl (C=O) groups excluding carboxylic acids is 1. The molecule has 0 aromatic heterocycles. The first-order chi connectivity index (χ1) is 12.7. The Morgan fingerprint density at radius 3 is 2.22 bits per heavy atom. The number of hydrogen-bond donors (Lipinski definition) is 1. The fourth-order valence-electron chi connectivity index (χ4n) is 3.58. The van der Waals surface area contributed by atoms with Gasteiger partial charge in [0, 0.05) is 18.2 Å². The number of rotatable bonds is 6. The van der Waals surface area contributed by atoms with Crippen LogP contribution in [-0.2, 0) is 4.74 Å². The molecule has 3 rings (SSSR count). The second-order valence-corrected chi connectivity index (χ2v) is 7.07. The molecule has 0 aliphatic carbocycles. The molecule has 0 bridgehead atoms. The third-order valence-electron chi connectivity index (χ3n) is 4.89. The van der Waals surface area contributed by atoms with E-state index < -0.39 is 6.09 Å². The summed E-state index contributed by atoms with van der Waals surface area (Å²) in [5, 5.41) is 2.83. The topological polar surface area (TPSA) is 41.6 Å². The van der Waals surface area contributed by atoms with Gasteiger partial charge in [-0.25, -0.2) is 4.79 Å². The number of benzene rings is 2. The highest BCUT2D eigenvalue weighted by Crippen LogP contribution is 2.28. The number of ether oxygens (including phenoxy) is 1. The van der Waals surface area contributed by atoms with Gasteiger partial charge in [-0.2, -0.15) is 0 Å². The summed E-state index contributed by atoms with van der Waals surface area (Å²) in [6, 6.07) is 19.5. The van der Waals surface area contributed by atoms with Crippen molar-refractivity contribution >= 4 is 24.2 Å². The van der Waals surface area contributed by atoms with Gasteiger partial charge in [0.15, 0.2) is 0 Å². The summed E-state index contributed by atoms with van der Waals surface area (Å²) >= 11 is 0. The number of para-hydroxylation sites is 1. The van der Waals surface area contributed by atoms with Gasteiger partial charge >= 0.3 is 6.09 Å². The zero-order valence-electron chi connectivity index (χ0n) is 15.8. The Morgan fingerprint density at radius 2 is 1.59 bits per heavy atom. The predicted octanol–water partition coefficient (Wildman–Crippen LogP) is 5.52. The second-order valence-electron chi connectivity index (χ2n) is 7.07. The third kappa shape index (κ3) is 6.56. The largest absolute Gasteiger partial charge is 0.441 e. The lowest BCUT2D eigenvalue weighted by molar-refractivity contribution is 0.0572. The number of nitrogens with one attached hydrogen (secondary N) is 1. The number of hydrogen-bond acceptors (Lipinski definition) is 3. The highest BCUT2D eigenvalue weighted by molar-refractivity contribution is 5.85. The molecule has 0 radical (unpaired) electrons. The van der Waals surface area contributed by atoms with Gasteiger partial charge in [-0.1, -0.05) is 61.9 Å². The van der Waals surface area contributed by atoms with E-state index in [0.717, 1.165) is 30.9 Å². The van der Waals surface area contributed by atoms with Gasteiger partial charge in [0.25, 0.3) is 0 Å². The first kappa shape index (κ1) is 21.3. The average molecular weight is 389 g/mol. The van der Waals surface area contributed by atoms with Crippen molar-refractivity contribution in [1.29, 1.82) is 0 Å². The molecule has 1 aliphatic rings. The number of carbonyl (C=O) groups is 1. The van der Waals surface area contributed by atoms with Crippen molar-refractivity contribution in [3.63, 3.8) is 0 Å². The monoisotopic (exact) mass is 388 g/mol. The molecule has 0 spiro atoms. The summed E-state index contributed by atoms with van der Waals surface area (Å²) in [6.45, 7) is 5.39. The smallest absolute Gasteiger partial charge is 0.412 e. The Labute approximate surface area is 168 Å². The number of likely N-dealkylation sites (tertiary alicyclic amines) is 1. The molecule has 0 saturated carbocycles. The van der Waals surface area contributed by atoms with Crippen LogP contribution in [0, 0.1) is 5.92 Å². The first-order valence-corrected chi connectivity index (χ1v) is 9.52. The summed E-state index contributed by atoms with van der Waals surface area (Å²) in [7, 11) is 0. The van der Waals surface area contributed by atoms with Gasteiger partial charge < -0.3 is 9.64 Å². The molecule has 2 atom stereocenters. The van der Waals surface area contributed by atoms with Crippen LogP contribution in [0.4, 0.5) is 10.5 Å². The van der Waals surface area contributed by atoms with Gasteiger partial charge in [0.2, 0.25) is 0 Å². The molecule has 1 fully saturated rings. The van der Waals surface area contributed by atoms with Gasteiger partial charge in [0.1, 0.15) is 6.10 Å². The van der Waals surface area contributed by atoms with Crippen molar-refractivity contribution in [3.05, 3.63) is 66.2 Å². The first-order valence-electron chi connectivity index (χ1n) is 9.52. The number of anilines is 1. The molecule has 2 unspecified atom stereocenters. The van der Waals surface area contributed by atoms with E-state index in [-0.39, 0.29) is 24.4 Å². The van der Waals surface area contributed by atoms with Gasteiger partial charge in [-0.15, -0.1) is 12.4 Å². The van der Waals surface area contributed by atoms with E-state index in [4.69, 9.17) is 4.74 Å². The molecular weight excluding hydrogens is 360 g/mol. The van der Waals surface area contributed by atoms with E-state index in [1.165, 1.54) is 19.3 Å². The van der Waals surface area contributed by atoms with E-state index >= 15 is 0 Å². The predicted molar refractivity (Wildman–Crippen MR) is 112 cm³/mol. The lowest BCUT2D eigenvalue weighted by Gasteiger charge is -2.32. The normalized spacial score (nSPS) is 16.6. The highest BCUT2D eigenvalue weighted by Gasteiger charge is 2.26. The maximum Gasteiger partial charge on any atom is 0.412 e. The van der Waals surface area contributed by atoms with E-state index in [2.05, 4.69) is 17.1 Å². The summed E-state index contributed by atoms with van der Waals surface area (Å²) < 4.78 is 5.87. The Morgan fingerprint density at radius 1 is 1.00 bits per heavy atom. The quantitative estimate of drug-likeness (QED) is 0.708. The van der Waals surface area contributed by atoms with Crippen LogP contribution in [0.1, 0.15) is 37.9 Å². The average Bonchev–Trinajstić information content (AvgIpc) is 2.68. The Bertz CT molecular complexity index is 675. The second kappa shape index (κ2) is 11.0. The standard InChI is InChI=1S/C22H28N2O2.ClH/c1-18(17-24-15-9-4-10-16-24)21(19-11-5-2-6-12-19)26-22(25)23-20-13-7-3-8-14-20;/h2-3,5-8,11-14,18,21H,4,9-10,15-17H2,1H3,(H,23,25);1H. The zero-order valence-corrected chi connectivity index (χ0v) is 16.7. The summed E-state index contributed by atoms with van der Waals surface area (Å²) in [5.74, 6) is 0.219. The zero-order chi connectivity index (χ0) is 18.2. The molecule has 27 heavy (non-hydrogen) atoms. The van der Waals surface area contributed by atoms with Crippen LogP contribution in [-0.4, -0.2) is 30.6 Å². The SMILES string of the molecule is CC(CN1CCCCC1)C(OC(=O)Nc1ccccc1)c1ccccc1.Cl. The molecule has 2 aromatic carbocycles. The number of nitrogens with zero attached hydrogens (tertiary/aromatic N) is 1. The molecule has 1 heterocycles. The van der Waals surface area contributed by atoms with E-state index in [1.807, 2.05) is 60.7 Å². The Kier molecular flexibility index (Phi) is 8.62. The lowest BCUT2D eigenvalue weighted by Crippen LogP contribution is -2.36. The molecule has 5 heteroatoms. The Balaban J connectivity index is 0.00000261. The highest BCUT2D eigenvalue weighted by atomic mass is 35.5. The van der Waals surface area contributed by atoms with Crippen LogP contribution in [0.2, 0.25) is 0 Å². The van der Waals surface area contributed by atoms with Crippen molar-refractivity contribution in [3.8, 4) is 0 Å². The third-order valence-corrected chi connectivity index (χ3v) is 4.89. The summed E-state index contributed by atoms with van der Waals surface area (Å²) in [5.41, 5.74) is 1.79. The van der Waals surface area contributed by atoms with Crippen molar-refractivity contribution < 1.29 is 9.53 Å². The summed E-state index contributed by atoms with van der Waals surface area (Å²) in [6.07, 6.45) is 3.18. The molecular formula is C22H29ClN2O2. The number of halogens is 1. The minimum absolute atomic E-state index is 0. The Hall–Kier alpha value is -2.04. The molecule has 146 valence electrons. The number of piperidine rings is 1. The van der Waals surface area contributed by atoms with Crippen molar-refractivity contribution in [2.75, 3.05) is 25.0 Å². The fourth-order valence-corrected chi connectivity index (χ4v) is 3.58. The van der Waals surface area contributed by atoms with Gasteiger partial charge in [-0.05, 0) is 43.6 Å². The van der Waals surface area contributed by atoms with Crippen LogP contribution in [0.3, 0.4) is 0 Å². The molecule has 1 amide bonds. The van der Waals surface area contributed by atoms with E-state index in [9.17, 15) is 4.79 Å². The van der Waals surface area contributed by atoms with Crippen LogP contribution < -0.4 is 5.32 Å². The fraction of sp³-hybridized carbons (Fsp3) is 0.409. The molecule has 4 nitrogen and oxygen atoms in total. The maximum absolute atomic E-state index is 12.4. The van der Waals surface area contributed by atoms with Gasteiger partial charge in [-0.3, -0.25) is 5.32 Å². The minimum Gasteiger partial charge on any atom is -0.441 e. The van der Waals surface area contributed by atoms with E-state index in [0.29, 0.717) is 0 Å².